The number of ether oxygens (including phenoxy) is 2. The molecule has 0 aromatic heterocycles. The van der Waals surface area contributed by atoms with Crippen molar-refractivity contribution in [3.63, 3.8) is 0 Å². The van der Waals surface area contributed by atoms with Gasteiger partial charge in [-0.1, -0.05) is 18.2 Å². The maximum Gasteiger partial charge on any atom is 0.266 e. The summed E-state index contributed by atoms with van der Waals surface area (Å²) in [5, 5.41) is 0.690. The minimum atomic E-state index is -0.0568. The molecule has 0 bridgehead atoms. The van der Waals surface area contributed by atoms with Crippen LogP contribution in [0.25, 0.3) is 6.08 Å². The molecule has 7 heteroatoms. The monoisotopic (exact) mass is 494 g/mol. The van der Waals surface area contributed by atoms with Crippen molar-refractivity contribution in [3.05, 3.63) is 62.1 Å². The smallest absolute Gasteiger partial charge is 0.266 e. The zero-order valence-corrected chi connectivity index (χ0v) is 18.2. The SMILES string of the molecule is CN=C1S/C(=C\c2ccc(OCc3ccc(I)cc3)c(OC)c2)C(=O)N1C. The van der Waals surface area contributed by atoms with Crippen molar-refractivity contribution >= 4 is 51.5 Å². The minimum Gasteiger partial charge on any atom is -0.493 e. The van der Waals surface area contributed by atoms with Crippen molar-refractivity contribution in [3.8, 4) is 11.5 Å². The summed E-state index contributed by atoms with van der Waals surface area (Å²) >= 11 is 3.64. The molecule has 1 aliphatic heterocycles. The number of carbonyl (C=O) groups is 1. The number of likely N-dealkylation sites (N-methyl/N-ethyl adjacent to an activating group) is 1. The number of hydrogen-bond acceptors (Lipinski definition) is 5. The molecule has 3 rings (SSSR count). The molecular formula is C20H19IN2O3S. The molecule has 1 aliphatic rings. The topological polar surface area (TPSA) is 51.1 Å². The number of nitrogens with zero attached hydrogens (tertiary/aromatic N) is 2. The van der Waals surface area contributed by atoms with E-state index >= 15 is 0 Å². The van der Waals surface area contributed by atoms with Gasteiger partial charge < -0.3 is 9.47 Å². The lowest BCUT2D eigenvalue weighted by atomic mass is 10.2. The Bertz CT molecular complexity index is 910. The largest absolute Gasteiger partial charge is 0.493 e. The van der Waals surface area contributed by atoms with Crippen LogP contribution in [0.2, 0.25) is 0 Å². The Kier molecular flexibility index (Phi) is 6.43. The molecule has 0 radical (unpaired) electrons. The molecule has 140 valence electrons. The molecule has 2 aromatic rings. The molecular weight excluding hydrogens is 475 g/mol. The molecule has 1 fully saturated rings. The van der Waals surface area contributed by atoms with Gasteiger partial charge in [-0.15, -0.1) is 0 Å². The van der Waals surface area contributed by atoms with Gasteiger partial charge in [0.25, 0.3) is 5.91 Å². The van der Waals surface area contributed by atoms with Crippen LogP contribution in [-0.2, 0) is 11.4 Å². The first-order valence-electron chi connectivity index (χ1n) is 8.21. The van der Waals surface area contributed by atoms with E-state index in [2.05, 4.69) is 27.6 Å². The lowest BCUT2D eigenvalue weighted by Crippen LogP contribution is -2.23. The molecule has 1 heterocycles. The van der Waals surface area contributed by atoms with Crippen molar-refractivity contribution in [2.75, 3.05) is 21.2 Å². The molecule has 5 nitrogen and oxygen atoms in total. The van der Waals surface area contributed by atoms with E-state index < -0.39 is 0 Å². The predicted octanol–water partition coefficient (Wildman–Crippen LogP) is 4.41. The Morgan fingerprint density at radius 1 is 1.19 bits per heavy atom. The van der Waals surface area contributed by atoms with Gasteiger partial charge in [-0.05, 0) is 75.8 Å². The third kappa shape index (κ3) is 4.65. The lowest BCUT2D eigenvalue weighted by molar-refractivity contribution is -0.121. The van der Waals surface area contributed by atoms with Crippen LogP contribution in [0.3, 0.4) is 0 Å². The van der Waals surface area contributed by atoms with E-state index in [0.717, 1.165) is 11.1 Å². The zero-order chi connectivity index (χ0) is 19.4. The van der Waals surface area contributed by atoms with Crippen LogP contribution in [0.5, 0.6) is 11.5 Å². The van der Waals surface area contributed by atoms with E-state index in [1.54, 1.807) is 26.1 Å². The van der Waals surface area contributed by atoms with Gasteiger partial charge in [-0.3, -0.25) is 14.7 Å². The summed E-state index contributed by atoms with van der Waals surface area (Å²) in [5.41, 5.74) is 1.96. The van der Waals surface area contributed by atoms with E-state index in [-0.39, 0.29) is 5.91 Å². The molecule has 1 saturated heterocycles. The van der Waals surface area contributed by atoms with Crippen LogP contribution in [0, 0.1) is 3.57 Å². The second kappa shape index (κ2) is 8.79. The van der Waals surface area contributed by atoms with Gasteiger partial charge >= 0.3 is 0 Å². The molecule has 0 spiro atoms. The molecule has 0 atom stereocenters. The highest BCUT2D eigenvalue weighted by Gasteiger charge is 2.29. The fourth-order valence-corrected chi connectivity index (χ4v) is 3.82. The Morgan fingerprint density at radius 3 is 2.56 bits per heavy atom. The average Bonchev–Trinajstić information content (AvgIpc) is 2.96. The highest BCUT2D eigenvalue weighted by molar-refractivity contribution is 14.1. The number of amides is 1. The lowest BCUT2D eigenvalue weighted by Gasteiger charge is -2.11. The van der Waals surface area contributed by atoms with Crippen LogP contribution in [-0.4, -0.2) is 37.2 Å². The summed E-state index contributed by atoms with van der Waals surface area (Å²) in [5.74, 6) is 1.23. The van der Waals surface area contributed by atoms with E-state index in [1.165, 1.54) is 15.3 Å². The third-order valence-corrected chi connectivity index (χ3v) is 5.86. The Labute approximate surface area is 176 Å². The number of aliphatic imine (C=N–C) groups is 1. The fourth-order valence-electron chi connectivity index (χ4n) is 2.54. The van der Waals surface area contributed by atoms with E-state index in [4.69, 9.17) is 9.47 Å². The maximum absolute atomic E-state index is 12.3. The molecule has 0 aliphatic carbocycles. The first-order valence-corrected chi connectivity index (χ1v) is 10.1. The van der Waals surface area contributed by atoms with Crippen LogP contribution in [0.4, 0.5) is 0 Å². The number of carbonyl (C=O) groups excluding carboxylic acids is 1. The summed E-state index contributed by atoms with van der Waals surface area (Å²) in [6, 6.07) is 13.8. The first-order chi connectivity index (χ1) is 13.0. The number of halogens is 1. The second-order valence-corrected chi connectivity index (χ2v) is 8.06. The quantitative estimate of drug-likeness (QED) is 0.457. The van der Waals surface area contributed by atoms with E-state index in [1.807, 2.05) is 48.5 Å². The number of rotatable bonds is 5. The van der Waals surface area contributed by atoms with Gasteiger partial charge in [0.15, 0.2) is 16.7 Å². The summed E-state index contributed by atoms with van der Waals surface area (Å²) < 4.78 is 12.6. The Hall–Kier alpha value is -2.00. The van der Waals surface area contributed by atoms with Gasteiger partial charge in [0.1, 0.15) is 6.61 Å². The molecule has 1 amide bonds. The van der Waals surface area contributed by atoms with Crippen molar-refractivity contribution in [2.24, 2.45) is 4.99 Å². The van der Waals surface area contributed by atoms with Crippen LogP contribution in [0.1, 0.15) is 11.1 Å². The highest BCUT2D eigenvalue weighted by Crippen LogP contribution is 2.34. The number of benzene rings is 2. The average molecular weight is 494 g/mol. The normalized spacial score (nSPS) is 17.0. The third-order valence-electron chi connectivity index (χ3n) is 3.99. The zero-order valence-electron chi connectivity index (χ0n) is 15.2. The van der Waals surface area contributed by atoms with Crippen LogP contribution < -0.4 is 9.47 Å². The Morgan fingerprint density at radius 2 is 1.93 bits per heavy atom. The fraction of sp³-hybridized carbons (Fsp3) is 0.200. The van der Waals surface area contributed by atoms with Gasteiger partial charge in [0.2, 0.25) is 0 Å². The molecule has 0 saturated carbocycles. The van der Waals surface area contributed by atoms with Crippen LogP contribution in [0.15, 0.2) is 52.4 Å². The summed E-state index contributed by atoms with van der Waals surface area (Å²) in [4.78, 5) is 18.6. The maximum atomic E-state index is 12.3. The van der Waals surface area contributed by atoms with Gasteiger partial charge in [0, 0.05) is 17.7 Å². The second-order valence-electron chi connectivity index (χ2n) is 5.81. The predicted molar refractivity (Wildman–Crippen MR) is 118 cm³/mol. The summed E-state index contributed by atoms with van der Waals surface area (Å²) in [6.45, 7) is 0.461. The minimum absolute atomic E-state index is 0.0568. The molecule has 27 heavy (non-hydrogen) atoms. The number of thioether (sulfide) groups is 1. The van der Waals surface area contributed by atoms with Crippen molar-refractivity contribution in [2.45, 2.75) is 6.61 Å². The van der Waals surface area contributed by atoms with Crippen molar-refractivity contribution in [1.29, 1.82) is 0 Å². The number of amidine groups is 1. The standard InChI is InChI=1S/C20H19IN2O3S/c1-22-20-23(2)19(24)18(27-20)11-14-6-9-16(17(10-14)25-3)26-12-13-4-7-15(21)8-5-13/h4-11H,12H2,1-3H3/b18-11-,22-20?. The van der Waals surface area contributed by atoms with Gasteiger partial charge in [0.05, 0.1) is 12.0 Å². The molecule has 0 N–H and O–H groups in total. The number of methoxy groups -OCH3 is 1. The van der Waals surface area contributed by atoms with Crippen molar-refractivity contribution in [1.82, 2.24) is 4.90 Å². The molecule has 2 aromatic carbocycles. The van der Waals surface area contributed by atoms with Gasteiger partial charge in [-0.2, -0.15) is 0 Å². The first kappa shape index (κ1) is 19.8. The molecule has 0 unspecified atom stereocenters. The Balaban J connectivity index is 1.77. The van der Waals surface area contributed by atoms with Crippen molar-refractivity contribution < 1.29 is 14.3 Å². The highest BCUT2D eigenvalue weighted by atomic mass is 127. The van der Waals surface area contributed by atoms with E-state index in [9.17, 15) is 4.79 Å². The van der Waals surface area contributed by atoms with Crippen LogP contribution >= 0.6 is 34.4 Å². The van der Waals surface area contributed by atoms with E-state index in [0.29, 0.717) is 28.2 Å². The van der Waals surface area contributed by atoms with Gasteiger partial charge in [-0.25, -0.2) is 0 Å². The number of hydrogen-bond donors (Lipinski definition) is 0. The summed E-state index contributed by atoms with van der Waals surface area (Å²) in [7, 11) is 5.01. The summed E-state index contributed by atoms with van der Waals surface area (Å²) in [6.07, 6.45) is 1.84.